The lowest BCUT2D eigenvalue weighted by molar-refractivity contribution is 0.176. The zero-order valence-electron chi connectivity index (χ0n) is 7.09. The van der Waals surface area contributed by atoms with Crippen LogP contribution >= 0.6 is 15.9 Å². The van der Waals surface area contributed by atoms with Gasteiger partial charge in [-0.3, -0.25) is 0 Å². The SMILES string of the molecule is O=C1N[C@H](c2cccc(Br)c2F)CO1. The van der Waals surface area contributed by atoms with E-state index < -0.39 is 6.09 Å². The number of carbonyl (C=O) groups excluding carboxylic acids is 1. The van der Waals surface area contributed by atoms with E-state index in [1.807, 2.05) is 0 Å². The molecule has 5 heteroatoms. The van der Waals surface area contributed by atoms with Crippen LogP contribution in [0.1, 0.15) is 11.6 Å². The molecule has 74 valence electrons. The topological polar surface area (TPSA) is 38.3 Å². The third-order valence-electron chi connectivity index (χ3n) is 2.03. The molecule has 1 aliphatic rings. The van der Waals surface area contributed by atoms with Crippen molar-refractivity contribution in [3.8, 4) is 0 Å². The molecule has 2 rings (SSSR count). The predicted octanol–water partition coefficient (Wildman–Crippen LogP) is 2.37. The average Bonchev–Trinajstić information content (AvgIpc) is 2.57. The lowest BCUT2D eigenvalue weighted by atomic mass is 10.1. The summed E-state index contributed by atoms with van der Waals surface area (Å²) in [5, 5.41) is 2.52. The number of carbonyl (C=O) groups is 1. The van der Waals surface area contributed by atoms with Gasteiger partial charge in [0.25, 0.3) is 0 Å². The van der Waals surface area contributed by atoms with Crippen molar-refractivity contribution in [2.24, 2.45) is 0 Å². The highest BCUT2D eigenvalue weighted by Gasteiger charge is 2.26. The minimum absolute atomic E-state index is 0.173. The van der Waals surface area contributed by atoms with Gasteiger partial charge in [0.2, 0.25) is 0 Å². The Balaban J connectivity index is 2.32. The summed E-state index contributed by atoms with van der Waals surface area (Å²) in [5.41, 5.74) is 0.435. The average molecular weight is 260 g/mol. The Labute approximate surface area is 88.4 Å². The van der Waals surface area contributed by atoms with E-state index in [9.17, 15) is 9.18 Å². The molecular weight excluding hydrogens is 253 g/mol. The van der Waals surface area contributed by atoms with Gasteiger partial charge in [-0.25, -0.2) is 9.18 Å². The van der Waals surface area contributed by atoms with Crippen LogP contribution in [0.5, 0.6) is 0 Å². The molecule has 0 spiro atoms. The molecule has 0 saturated carbocycles. The molecule has 1 amide bonds. The second kappa shape index (κ2) is 3.57. The highest BCUT2D eigenvalue weighted by atomic mass is 79.9. The molecule has 3 nitrogen and oxygen atoms in total. The summed E-state index contributed by atoms with van der Waals surface area (Å²) in [6.45, 7) is 0.173. The number of ether oxygens (including phenoxy) is 1. The van der Waals surface area contributed by atoms with E-state index in [1.54, 1.807) is 18.2 Å². The van der Waals surface area contributed by atoms with Crippen LogP contribution in [0.25, 0.3) is 0 Å². The smallest absolute Gasteiger partial charge is 0.407 e. The second-order valence-corrected chi connectivity index (χ2v) is 3.79. The van der Waals surface area contributed by atoms with Crippen LogP contribution in [0.15, 0.2) is 22.7 Å². The molecule has 14 heavy (non-hydrogen) atoms. The first-order valence-electron chi connectivity index (χ1n) is 4.05. The zero-order chi connectivity index (χ0) is 10.1. The fraction of sp³-hybridized carbons (Fsp3) is 0.222. The number of alkyl carbamates (subject to hydrolysis) is 1. The van der Waals surface area contributed by atoms with Crippen molar-refractivity contribution < 1.29 is 13.9 Å². The molecule has 0 aliphatic carbocycles. The van der Waals surface area contributed by atoms with Crippen LogP contribution in [0.4, 0.5) is 9.18 Å². The van der Waals surface area contributed by atoms with Crippen molar-refractivity contribution in [2.45, 2.75) is 6.04 Å². The van der Waals surface area contributed by atoms with Crippen molar-refractivity contribution in [2.75, 3.05) is 6.61 Å². The van der Waals surface area contributed by atoms with E-state index >= 15 is 0 Å². The first-order chi connectivity index (χ1) is 6.68. The largest absolute Gasteiger partial charge is 0.447 e. The summed E-state index contributed by atoms with van der Waals surface area (Å²) < 4.78 is 18.6. The first kappa shape index (κ1) is 9.45. The minimum Gasteiger partial charge on any atom is -0.447 e. The molecule has 1 heterocycles. The van der Waals surface area contributed by atoms with Crippen LogP contribution < -0.4 is 5.32 Å². The summed E-state index contributed by atoms with van der Waals surface area (Å²) in [5.74, 6) is -0.358. The van der Waals surface area contributed by atoms with Crippen LogP contribution in [-0.2, 0) is 4.74 Å². The van der Waals surface area contributed by atoms with Gasteiger partial charge >= 0.3 is 6.09 Å². The fourth-order valence-electron chi connectivity index (χ4n) is 1.34. The van der Waals surface area contributed by atoms with Gasteiger partial charge in [-0.05, 0) is 22.0 Å². The highest BCUT2D eigenvalue weighted by molar-refractivity contribution is 9.10. The molecule has 1 aromatic rings. The van der Waals surface area contributed by atoms with Gasteiger partial charge in [0.05, 0.1) is 10.5 Å². The Morgan fingerprint density at radius 1 is 1.57 bits per heavy atom. The van der Waals surface area contributed by atoms with E-state index in [-0.39, 0.29) is 18.5 Å². The van der Waals surface area contributed by atoms with Crippen molar-refractivity contribution in [1.82, 2.24) is 5.32 Å². The van der Waals surface area contributed by atoms with Gasteiger partial charge < -0.3 is 10.1 Å². The Bertz CT molecular complexity index is 383. The van der Waals surface area contributed by atoms with E-state index in [1.165, 1.54) is 0 Å². The highest BCUT2D eigenvalue weighted by Crippen LogP contribution is 2.25. The number of halogens is 2. The van der Waals surface area contributed by atoms with E-state index in [2.05, 4.69) is 26.0 Å². The zero-order valence-corrected chi connectivity index (χ0v) is 8.67. The van der Waals surface area contributed by atoms with Crippen molar-refractivity contribution in [3.63, 3.8) is 0 Å². The van der Waals surface area contributed by atoms with Crippen LogP contribution in [0.3, 0.4) is 0 Å². The second-order valence-electron chi connectivity index (χ2n) is 2.94. The van der Waals surface area contributed by atoms with Gasteiger partial charge in [-0.2, -0.15) is 0 Å². The standard InChI is InChI=1S/C9H7BrFNO2/c10-6-3-1-2-5(8(6)11)7-4-14-9(13)12-7/h1-3,7H,4H2,(H,12,13)/t7-/m0/s1. The van der Waals surface area contributed by atoms with Crippen LogP contribution in [0.2, 0.25) is 0 Å². The lowest BCUT2D eigenvalue weighted by Crippen LogP contribution is -2.19. The summed E-state index contributed by atoms with van der Waals surface area (Å²) in [6, 6.07) is 4.56. The molecule has 0 bridgehead atoms. The van der Waals surface area contributed by atoms with Gasteiger partial charge in [0.1, 0.15) is 12.4 Å². The van der Waals surface area contributed by atoms with Gasteiger partial charge in [-0.15, -0.1) is 0 Å². The summed E-state index contributed by atoms with van der Waals surface area (Å²) in [4.78, 5) is 10.8. The minimum atomic E-state index is -0.505. The third-order valence-corrected chi connectivity index (χ3v) is 2.64. The molecular formula is C9H7BrFNO2. The maximum absolute atomic E-state index is 13.5. The number of benzene rings is 1. The van der Waals surface area contributed by atoms with Crippen molar-refractivity contribution >= 4 is 22.0 Å². The van der Waals surface area contributed by atoms with Crippen molar-refractivity contribution in [3.05, 3.63) is 34.1 Å². The summed E-state index contributed by atoms with van der Waals surface area (Å²) >= 11 is 3.08. The fourth-order valence-corrected chi connectivity index (χ4v) is 1.72. The molecule has 1 aliphatic heterocycles. The number of rotatable bonds is 1. The van der Waals surface area contributed by atoms with Crippen molar-refractivity contribution in [1.29, 1.82) is 0 Å². The quantitative estimate of drug-likeness (QED) is 0.841. The molecule has 1 fully saturated rings. The Kier molecular flexibility index (Phi) is 2.41. The predicted molar refractivity (Wildman–Crippen MR) is 51.3 cm³/mol. The van der Waals surface area contributed by atoms with E-state index in [0.29, 0.717) is 10.0 Å². The lowest BCUT2D eigenvalue weighted by Gasteiger charge is -2.09. The normalized spacial score (nSPS) is 20.4. The summed E-state index contributed by atoms with van der Waals surface area (Å²) in [7, 11) is 0. The molecule has 0 unspecified atom stereocenters. The number of cyclic esters (lactones) is 1. The van der Waals surface area contributed by atoms with E-state index in [0.717, 1.165) is 0 Å². The molecule has 1 N–H and O–H groups in total. The maximum Gasteiger partial charge on any atom is 0.407 e. The van der Waals surface area contributed by atoms with Gasteiger partial charge in [0, 0.05) is 5.56 Å². The summed E-state index contributed by atoms with van der Waals surface area (Å²) in [6.07, 6.45) is -0.505. The Morgan fingerprint density at radius 3 is 3.00 bits per heavy atom. The van der Waals surface area contributed by atoms with Crippen LogP contribution in [0, 0.1) is 5.82 Å². The van der Waals surface area contributed by atoms with Crippen LogP contribution in [-0.4, -0.2) is 12.7 Å². The third kappa shape index (κ3) is 1.59. The van der Waals surface area contributed by atoms with Gasteiger partial charge in [0.15, 0.2) is 0 Å². The molecule has 0 radical (unpaired) electrons. The maximum atomic E-state index is 13.5. The van der Waals surface area contributed by atoms with Gasteiger partial charge in [-0.1, -0.05) is 12.1 Å². The molecule has 1 saturated heterocycles. The number of hydrogen-bond acceptors (Lipinski definition) is 2. The molecule has 0 aromatic heterocycles. The Morgan fingerprint density at radius 2 is 2.36 bits per heavy atom. The number of nitrogens with one attached hydrogen (secondary N) is 1. The monoisotopic (exact) mass is 259 g/mol. The number of hydrogen-bond donors (Lipinski definition) is 1. The molecule has 1 atom stereocenters. The Hall–Kier alpha value is -1.10. The first-order valence-corrected chi connectivity index (χ1v) is 4.85. The molecule has 1 aromatic carbocycles. The number of amides is 1. The van der Waals surface area contributed by atoms with E-state index in [4.69, 9.17) is 0 Å².